The number of carbonyl (C=O) groups is 2. The zero-order chi connectivity index (χ0) is 18.5. The van der Waals surface area contributed by atoms with E-state index in [-0.39, 0.29) is 11.8 Å². The maximum Gasteiger partial charge on any atom is 0.255 e. The molecule has 0 saturated carbocycles. The van der Waals surface area contributed by atoms with E-state index in [0.717, 1.165) is 18.7 Å². The van der Waals surface area contributed by atoms with Gasteiger partial charge in [0.25, 0.3) is 5.91 Å². The number of methoxy groups -OCH3 is 1. The van der Waals surface area contributed by atoms with Gasteiger partial charge in [0.05, 0.1) is 13.7 Å². The highest BCUT2D eigenvalue weighted by Gasteiger charge is 2.21. The number of hydrogen-bond acceptors (Lipinski definition) is 4. The fourth-order valence-electron chi connectivity index (χ4n) is 2.94. The van der Waals surface area contributed by atoms with E-state index >= 15 is 0 Å². The molecule has 1 aliphatic rings. The summed E-state index contributed by atoms with van der Waals surface area (Å²) in [5, 5.41) is 2.86. The summed E-state index contributed by atoms with van der Waals surface area (Å²) < 4.78 is 10.7. The minimum Gasteiger partial charge on any atom is -0.493 e. The topological polar surface area (TPSA) is 67.9 Å². The van der Waals surface area contributed by atoms with E-state index < -0.39 is 0 Å². The third-order valence-electron chi connectivity index (χ3n) is 4.24. The predicted molar refractivity (Wildman–Crippen MR) is 100 cm³/mol. The summed E-state index contributed by atoms with van der Waals surface area (Å²) in [4.78, 5) is 26.1. The number of benzene rings is 2. The lowest BCUT2D eigenvalue weighted by atomic mass is 10.1. The van der Waals surface area contributed by atoms with Gasteiger partial charge in [0, 0.05) is 29.9 Å². The van der Waals surface area contributed by atoms with Gasteiger partial charge in [-0.3, -0.25) is 9.59 Å². The minimum absolute atomic E-state index is 0.142. The van der Waals surface area contributed by atoms with Gasteiger partial charge in [0.1, 0.15) is 0 Å². The molecule has 1 saturated heterocycles. The Hall–Kier alpha value is -3.02. The van der Waals surface area contributed by atoms with Crippen molar-refractivity contribution in [3.63, 3.8) is 0 Å². The van der Waals surface area contributed by atoms with Gasteiger partial charge in [0.2, 0.25) is 5.91 Å². The number of ether oxygens (including phenoxy) is 2. The standard InChI is InChI=1S/C20H22N2O4/c1-3-26-18-13-14(6-11-17(18)25-2)20(24)21-15-7-9-16(10-8-15)22-12-4-5-19(22)23/h6-11,13H,3-5,12H2,1-2H3,(H,21,24). The summed E-state index contributed by atoms with van der Waals surface area (Å²) in [6, 6.07) is 12.3. The maximum absolute atomic E-state index is 12.5. The van der Waals surface area contributed by atoms with Gasteiger partial charge in [-0.1, -0.05) is 0 Å². The number of hydrogen-bond donors (Lipinski definition) is 1. The SMILES string of the molecule is CCOc1cc(C(=O)Nc2ccc(N3CCCC3=O)cc2)ccc1OC. The second-order valence-electron chi connectivity index (χ2n) is 5.95. The molecule has 136 valence electrons. The summed E-state index contributed by atoms with van der Waals surface area (Å²) in [7, 11) is 1.56. The van der Waals surface area contributed by atoms with Crippen molar-refractivity contribution in [2.45, 2.75) is 19.8 Å². The summed E-state index contributed by atoms with van der Waals surface area (Å²) in [6.07, 6.45) is 1.48. The highest BCUT2D eigenvalue weighted by Crippen LogP contribution is 2.28. The van der Waals surface area contributed by atoms with E-state index in [0.29, 0.717) is 35.8 Å². The molecule has 2 aromatic carbocycles. The second-order valence-corrected chi connectivity index (χ2v) is 5.95. The summed E-state index contributed by atoms with van der Waals surface area (Å²) in [5.74, 6) is 1.02. The Morgan fingerprint density at radius 3 is 2.54 bits per heavy atom. The largest absolute Gasteiger partial charge is 0.493 e. The molecule has 0 spiro atoms. The maximum atomic E-state index is 12.5. The Bertz CT molecular complexity index is 802. The lowest BCUT2D eigenvalue weighted by molar-refractivity contribution is -0.117. The second kappa shape index (κ2) is 7.91. The molecule has 6 nitrogen and oxygen atoms in total. The molecule has 0 aliphatic carbocycles. The molecule has 6 heteroatoms. The third-order valence-corrected chi connectivity index (χ3v) is 4.24. The van der Waals surface area contributed by atoms with Crippen LogP contribution in [-0.4, -0.2) is 32.1 Å². The molecule has 0 unspecified atom stereocenters. The molecule has 1 heterocycles. The van der Waals surface area contributed by atoms with Crippen LogP contribution in [0.25, 0.3) is 0 Å². The van der Waals surface area contributed by atoms with Crippen molar-refractivity contribution in [3.05, 3.63) is 48.0 Å². The monoisotopic (exact) mass is 354 g/mol. The van der Waals surface area contributed by atoms with Gasteiger partial charge in [-0.2, -0.15) is 0 Å². The Morgan fingerprint density at radius 2 is 1.92 bits per heavy atom. The first-order chi connectivity index (χ1) is 12.6. The summed E-state index contributed by atoms with van der Waals surface area (Å²) in [6.45, 7) is 3.10. The predicted octanol–water partition coefficient (Wildman–Crippen LogP) is 3.47. The molecule has 1 N–H and O–H groups in total. The number of carbonyl (C=O) groups excluding carboxylic acids is 2. The first kappa shape index (κ1) is 17.8. The van der Waals surface area contributed by atoms with E-state index in [1.807, 2.05) is 19.1 Å². The van der Waals surface area contributed by atoms with Crippen molar-refractivity contribution in [1.82, 2.24) is 0 Å². The molecule has 1 fully saturated rings. The number of nitrogens with zero attached hydrogens (tertiary/aromatic N) is 1. The van der Waals surface area contributed by atoms with Gasteiger partial charge >= 0.3 is 0 Å². The Labute approximate surface area is 152 Å². The minimum atomic E-state index is -0.237. The first-order valence-electron chi connectivity index (χ1n) is 8.65. The number of anilines is 2. The zero-order valence-electron chi connectivity index (χ0n) is 15.0. The molecule has 2 aromatic rings. The Morgan fingerprint density at radius 1 is 1.15 bits per heavy atom. The lowest BCUT2D eigenvalue weighted by Gasteiger charge is -2.16. The summed E-state index contributed by atoms with van der Waals surface area (Å²) >= 11 is 0. The van der Waals surface area contributed by atoms with Crippen molar-refractivity contribution < 1.29 is 19.1 Å². The molecule has 2 amide bonds. The number of amides is 2. The fraction of sp³-hybridized carbons (Fsp3) is 0.300. The molecule has 0 aromatic heterocycles. The fourth-order valence-corrected chi connectivity index (χ4v) is 2.94. The third kappa shape index (κ3) is 3.79. The van der Waals surface area contributed by atoms with Crippen LogP contribution in [0.5, 0.6) is 11.5 Å². The van der Waals surface area contributed by atoms with Crippen LogP contribution in [-0.2, 0) is 4.79 Å². The lowest BCUT2D eigenvalue weighted by Crippen LogP contribution is -2.23. The number of nitrogens with one attached hydrogen (secondary N) is 1. The molecular weight excluding hydrogens is 332 g/mol. The van der Waals surface area contributed by atoms with Gasteiger partial charge in [-0.25, -0.2) is 0 Å². The van der Waals surface area contributed by atoms with Gasteiger partial charge in [0.15, 0.2) is 11.5 Å². The van der Waals surface area contributed by atoms with Crippen LogP contribution in [0, 0.1) is 0 Å². The van der Waals surface area contributed by atoms with Crippen LogP contribution >= 0.6 is 0 Å². The zero-order valence-corrected chi connectivity index (χ0v) is 15.0. The van der Waals surface area contributed by atoms with Gasteiger partial charge < -0.3 is 19.7 Å². The Balaban J connectivity index is 1.71. The Kier molecular flexibility index (Phi) is 5.41. The van der Waals surface area contributed by atoms with Crippen LogP contribution in [0.1, 0.15) is 30.1 Å². The first-order valence-corrected chi connectivity index (χ1v) is 8.65. The molecule has 26 heavy (non-hydrogen) atoms. The van der Waals surface area contributed by atoms with Crippen molar-refractivity contribution in [2.24, 2.45) is 0 Å². The summed E-state index contributed by atoms with van der Waals surface area (Å²) in [5.41, 5.74) is 2.00. The number of rotatable bonds is 6. The van der Waals surface area contributed by atoms with Crippen LogP contribution < -0.4 is 19.7 Å². The molecule has 0 atom stereocenters. The van der Waals surface area contributed by atoms with Crippen molar-refractivity contribution >= 4 is 23.2 Å². The van der Waals surface area contributed by atoms with Gasteiger partial charge in [-0.05, 0) is 55.8 Å². The van der Waals surface area contributed by atoms with E-state index in [1.54, 1.807) is 42.3 Å². The van der Waals surface area contributed by atoms with E-state index in [1.165, 1.54) is 0 Å². The van der Waals surface area contributed by atoms with Crippen molar-refractivity contribution in [1.29, 1.82) is 0 Å². The normalized spacial score (nSPS) is 13.6. The van der Waals surface area contributed by atoms with Crippen molar-refractivity contribution in [2.75, 3.05) is 30.5 Å². The van der Waals surface area contributed by atoms with Crippen LogP contribution in [0.4, 0.5) is 11.4 Å². The van der Waals surface area contributed by atoms with Crippen LogP contribution in [0.15, 0.2) is 42.5 Å². The van der Waals surface area contributed by atoms with E-state index in [9.17, 15) is 9.59 Å². The quantitative estimate of drug-likeness (QED) is 0.862. The van der Waals surface area contributed by atoms with E-state index in [2.05, 4.69) is 5.32 Å². The molecule has 0 radical (unpaired) electrons. The average Bonchev–Trinajstić information content (AvgIpc) is 3.08. The van der Waals surface area contributed by atoms with Gasteiger partial charge in [-0.15, -0.1) is 0 Å². The van der Waals surface area contributed by atoms with Crippen LogP contribution in [0.2, 0.25) is 0 Å². The van der Waals surface area contributed by atoms with Crippen LogP contribution in [0.3, 0.4) is 0 Å². The molecular formula is C20H22N2O4. The smallest absolute Gasteiger partial charge is 0.255 e. The molecule has 3 rings (SSSR count). The van der Waals surface area contributed by atoms with E-state index in [4.69, 9.17) is 9.47 Å². The molecule has 1 aliphatic heterocycles. The van der Waals surface area contributed by atoms with Crippen molar-refractivity contribution in [3.8, 4) is 11.5 Å². The average molecular weight is 354 g/mol. The highest BCUT2D eigenvalue weighted by molar-refractivity contribution is 6.05. The molecule has 0 bridgehead atoms. The highest BCUT2D eigenvalue weighted by atomic mass is 16.5.